The first-order valence-corrected chi connectivity index (χ1v) is 9.39. The Bertz CT molecular complexity index is 236. The molecule has 0 amide bonds. The fraction of sp³-hybridized carbons (Fsp3) is 1.00. The zero-order valence-corrected chi connectivity index (χ0v) is 11.4. The molecule has 3 atom stereocenters. The summed E-state index contributed by atoms with van der Waals surface area (Å²) in [4.78, 5) is 9.84. The van der Waals surface area contributed by atoms with Crippen LogP contribution in [0.25, 0.3) is 0 Å². The number of hydrogen-bond acceptors (Lipinski definition) is 3. The van der Waals surface area contributed by atoms with Crippen molar-refractivity contribution in [1.82, 2.24) is 0 Å². The normalized spacial score (nSPS) is 27.7. The molecule has 0 aromatic heterocycles. The van der Waals surface area contributed by atoms with E-state index in [1.54, 1.807) is 0 Å². The number of nitrogens with two attached hydrogens (primary N) is 1. The van der Waals surface area contributed by atoms with Gasteiger partial charge in [0.05, 0.1) is 5.66 Å². The molecule has 0 aromatic rings. The molecular weight excluding hydrogens is 249 g/mol. The van der Waals surface area contributed by atoms with Crippen molar-refractivity contribution < 1.29 is 10.00 Å². The highest BCUT2D eigenvalue weighted by atomic mass is 32.9. The summed E-state index contributed by atoms with van der Waals surface area (Å²) >= 11 is 9.07. The Morgan fingerprint density at radius 1 is 1.27 bits per heavy atom. The summed E-state index contributed by atoms with van der Waals surface area (Å²) in [5.74, 6) is 0.237. The van der Waals surface area contributed by atoms with Gasteiger partial charge in [-0.3, -0.25) is 0 Å². The van der Waals surface area contributed by atoms with Crippen LogP contribution in [-0.4, -0.2) is 21.9 Å². The van der Waals surface area contributed by atoms with Gasteiger partial charge in [0.1, 0.15) is 11.7 Å². The number of aliphatic hydroxyl groups is 1. The SMILES string of the molecule is NC(O)C(C1CCCCCC1)P(O)(=S)S. The van der Waals surface area contributed by atoms with E-state index in [2.05, 4.69) is 12.2 Å². The van der Waals surface area contributed by atoms with Crippen molar-refractivity contribution in [2.24, 2.45) is 11.7 Å². The maximum Gasteiger partial charge on any atom is 0.121 e. The van der Waals surface area contributed by atoms with Crippen molar-refractivity contribution >= 4 is 29.5 Å². The molecule has 3 unspecified atom stereocenters. The third-order valence-electron chi connectivity index (χ3n) is 3.12. The van der Waals surface area contributed by atoms with Crippen LogP contribution in [0.1, 0.15) is 38.5 Å². The van der Waals surface area contributed by atoms with Crippen molar-refractivity contribution in [3.8, 4) is 0 Å². The van der Waals surface area contributed by atoms with Gasteiger partial charge in [-0.2, -0.15) is 0 Å². The van der Waals surface area contributed by atoms with Gasteiger partial charge in [-0.25, -0.2) is 0 Å². The monoisotopic (exact) mass is 269 g/mol. The Balaban J connectivity index is 2.74. The van der Waals surface area contributed by atoms with Crippen LogP contribution in [0.4, 0.5) is 0 Å². The minimum absolute atomic E-state index is 0.237. The lowest BCUT2D eigenvalue weighted by Crippen LogP contribution is -2.38. The minimum atomic E-state index is -2.77. The summed E-state index contributed by atoms with van der Waals surface area (Å²) in [6.45, 7) is 0. The molecule has 0 aromatic carbocycles. The lowest BCUT2D eigenvalue weighted by Gasteiger charge is -2.31. The van der Waals surface area contributed by atoms with E-state index < -0.39 is 17.4 Å². The maximum atomic E-state index is 9.84. The third kappa shape index (κ3) is 4.33. The zero-order chi connectivity index (χ0) is 11.5. The second kappa shape index (κ2) is 5.99. The predicted molar refractivity (Wildman–Crippen MR) is 70.7 cm³/mol. The first-order valence-electron chi connectivity index (χ1n) is 5.42. The van der Waals surface area contributed by atoms with Crippen LogP contribution < -0.4 is 5.73 Å². The van der Waals surface area contributed by atoms with Crippen molar-refractivity contribution in [3.05, 3.63) is 0 Å². The first-order chi connectivity index (χ1) is 6.93. The topological polar surface area (TPSA) is 66.5 Å². The first kappa shape index (κ1) is 13.9. The zero-order valence-electron chi connectivity index (χ0n) is 8.75. The molecule has 0 heterocycles. The van der Waals surface area contributed by atoms with E-state index in [0.29, 0.717) is 0 Å². The second-order valence-corrected chi connectivity index (χ2v) is 10.4. The van der Waals surface area contributed by atoms with Gasteiger partial charge in [0.2, 0.25) is 0 Å². The van der Waals surface area contributed by atoms with Crippen LogP contribution in [0.3, 0.4) is 0 Å². The molecule has 3 nitrogen and oxygen atoms in total. The third-order valence-corrected chi connectivity index (χ3v) is 6.16. The van der Waals surface area contributed by atoms with E-state index >= 15 is 0 Å². The molecule has 1 rings (SSSR count). The highest BCUT2D eigenvalue weighted by Crippen LogP contribution is 2.56. The highest BCUT2D eigenvalue weighted by Gasteiger charge is 2.35. The molecule has 0 radical (unpaired) electrons. The molecule has 1 fully saturated rings. The van der Waals surface area contributed by atoms with Gasteiger partial charge in [-0.1, -0.05) is 37.5 Å². The number of aliphatic hydroxyl groups excluding tert-OH is 1. The van der Waals surface area contributed by atoms with E-state index in [0.717, 1.165) is 25.7 Å². The van der Waals surface area contributed by atoms with E-state index in [4.69, 9.17) is 17.5 Å². The number of thiol groups is 1. The molecule has 0 spiro atoms. The molecule has 0 aliphatic heterocycles. The van der Waals surface area contributed by atoms with Gasteiger partial charge in [0.25, 0.3) is 0 Å². The van der Waals surface area contributed by atoms with E-state index in [9.17, 15) is 10.00 Å². The summed E-state index contributed by atoms with van der Waals surface area (Å²) in [5, 5.41) is 9.52. The van der Waals surface area contributed by atoms with E-state index in [1.165, 1.54) is 12.8 Å². The maximum absolute atomic E-state index is 9.84. The van der Waals surface area contributed by atoms with E-state index in [-0.39, 0.29) is 5.92 Å². The summed E-state index contributed by atoms with van der Waals surface area (Å²) in [6, 6.07) is 0. The fourth-order valence-electron chi connectivity index (χ4n) is 2.40. The van der Waals surface area contributed by atoms with Gasteiger partial charge in [0, 0.05) is 0 Å². The van der Waals surface area contributed by atoms with Crippen LogP contribution in [0.5, 0.6) is 0 Å². The molecule has 6 heteroatoms. The quantitative estimate of drug-likeness (QED) is 0.273. The van der Waals surface area contributed by atoms with Gasteiger partial charge < -0.3 is 15.7 Å². The van der Waals surface area contributed by atoms with Crippen molar-refractivity contribution in [1.29, 1.82) is 0 Å². The highest BCUT2D eigenvalue weighted by molar-refractivity contribution is 8.61. The van der Waals surface area contributed by atoms with Gasteiger partial charge in [-0.05, 0) is 18.8 Å². The molecule has 1 saturated carbocycles. The summed E-state index contributed by atoms with van der Waals surface area (Å²) < 4.78 is 0. The summed E-state index contributed by atoms with van der Waals surface area (Å²) in [7, 11) is 0. The van der Waals surface area contributed by atoms with Crippen LogP contribution in [-0.2, 0) is 11.8 Å². The molecule has 0 bridgehead atoms. The predicted octanol–water partition coefficient (Wildman–Crippen LogP) is 1.83. The van der Waals surface area contributed by atoms with Crippen LogP contribution in [0.2, 0.25) is 0 Å². The molecule has 4 N–H and O–H groups in total. The molecule has 0 saturated heterocycles. The van der Waals surface area contributed by atoms with Crippen molar-refractivity contribution in [2.75, 3.05) is 0 Å². The Morgan fingerprint density at radius 3 is 2.07 bits per heavy atom. The molecular formula is C9H20NO2PS2. The molecule has 90 valence electrons. The smallest absolute Gasteiger partial charge is 0.121 e. The fourth-order valence-corrected chi connectivity index (χ4v) is 5.52. The Morgan fingerprint density at radius 2 is 1.73 bits per heavy atom. The standard InChI is InChI=1S/C9H20NO2PS2/c10-9(11)8(13(12,14)15)7-5-3-1-2-4-6-7/h7-9,11H,1-6,10H2,(H2,12,14,15). The Kier molecular flexibility index (Phi) is 5.57. The average molecular weight is 269 g/mol. The molecule has 1 aliphatic rings. The molecule has 15 heavy (non-hydrogen) atoms. The van der Waals surface area contributed by atoms with Crippen molar-refractivity contribution in [2.45, 2.75) is 50.4 Å². The lowest BCUT2D eigenvalue weighted by molar-refractivity contribution is 0.147. The number of hydrogen-bond donors (Lipinski definition) is 4. The van der Waals surface area contributed by atoms with Crippen LogP contribution >= 0.6 is 17.7 Å². The largest absolute Gasteiger partial charge is 0.378 e. The Labute approximate surface area is 102 Å². The van der Waals surface area contributed by atoms with Crippen LogP contribution in [0, 0.1) is 5.92 Å². The summed E-state index contributed by atoms with van der Waals surface area (Å²) in [5.41, 5.74) is 2.34. The average Bonchev–Trinajstić information content (AvgIpc) is 2.29. The van der Waals surface area contributed by atoms with Gasteiger partial charge in [-0.15, -0.1) is 12.2 Å². The lowest BCUT2D eigenvalue weighted by atomic mass is 9.95. The summed E-state index contributed by atoms with van der Waals surface area (Å²) in [6.07, 6.45) is 5.68. The Hall–Kier alpha value is 0.880. The minimum Gasteiger partial charge on any atom is -0.378 e. The van der Waals surface area contributed by atoms with Gasteiger partial charge >= 0.3 is 0 Å². The molecule has 1 aliphatic carbocycles. The van der Waals surface area contributed by atoms with Crippen molar-refractivity contribution in [3.63, 3.8) is 0 Å². The van der Waals surface area contributed by atoms with Gasteiger partial charge in [0.15, 0.2) is 0 Å². The van der Waals surface area contributed by atoms with E-state index in [1.807, 2.05) is 0 Å². The second-order valence-electron chi connectivity index (χ2n) is 4.32. The van der Waals surface area contributed by atoms with Crippen LogP contribution in [0.15, 0.2) is 0 Å². The number of rotatable bonds is 3.